The van der Waals surface area contributed by atoms with E-state index in [1.165, 1.54) is 0 Å². The number of benzene rings is 1. The third kappa shape index (κ3) is 5.39. The molecule has 0 saturated carbocycles. The second-order valence-corrected chi connectivity index (χ2v) is 6.18. The summed E-state index contributed by atoms with van der Waals surface area (Å²) in [5, 5.41) is 5.53. The van der Waals surface area contributed by atoms with Gasteiger partial charge in [0, 0.05) is 12.4 Å². The lowest BCUT2D eigenvalue weighted by Crippen LogP contribution is -2.47. The molecular formula is C19H24N4O2. The predicted octanol–water partition coefficient (Wildman–Crippen LogP) is 1.39. The van der Waals surface area contributed by atoms with Crippen molar-refractivity contribution < 1.29 is 9.59 Å². The van der Waals surface area contributed by atoms with Crippen LogP contribution in [0.25, 0.3) is 0 Å². The Balaban J connectivity index is 2.05. The second-order valence-electron chi connectivity index (χ2n) is 6.18. The van der Waals surface area contributed by atoms with E-state index in [4.69, 9.17) is 5.73 Å². The van der Waals surface area contributed by atoms with Crippen LogP contribution in [0.15, 0.2) is 54.9 Å². The van der Waals surface area contributed by atoms with Crippen molar-refractivity contribution in [3.8, 4) is 0 Å². The molecule has 1 aromatic heterocycles. The molecule has 0 aliphatic heterocycles. The Morgan fingerprint density at radius 3 is 2.24 bits per heavy atom. The highest BCUT2D eigenvalue weighted by molar-refractivity contribution is 5.87. The van der Waals surface area contributed by atoms with Crippen LogP contribution in [0, 0.1) is 5.92 Å². The van der Waals surface area contributed by atoms with Gasteiger partial charge in [0.25, 0.3) is 0 Å². The number of hydrogen-bond donors (Lipinski definition) is 3. The van der Waals surface area contributed by atoms with E-state index in [2.05, 4.69) is 15.6 Å². The Morgan fingerprint density at radius 2 is 1.64 bits per heavy atom. The van der Waals surface area contributed by atoms with Crippen LogP contribution in [0.2, 0.25) is 0 Å². The molecular weight excluding hydrogens is 316 g/mol. The summed E-state index contributed by atoms with van der Waals surface area (Å²) in [6.07, 6.45) is 3.36. The summed E-state index contributed by atoms with van der Waals surface area (Å²) in [5.41, 5.74) is 7.65. The maximum absolute atomic E-state index is 12.3. The van der Waals surface area contributed by atoms with Crippen LogP contribution in [-0.4, -0.2) is 29.4 Å². The van der Waals surface area contributed by atoms with Gasteiger partial charge in [-0.2, -0.15) is 0 Å². The minimum atomic E-state index is -0.627. The molecule has 6 nitrogen and oxygen atoms in total. The van der Waals surface area contributed by atoms with Gasteiger partial charge >= 0.3 is 0 Å². The molecule has 2 aromatic rings. The third-order valence-electron chi connectivity index (χ3n) is 3.92. The van der Waals surface area contributed by atoms with Gasteiger partial charge in [-0.3, -0.25) is 14.6 Å². The summed E-state index contributed by atoms with van der Waals surface area (Å²) in [6.45, 7) is 3.60. The van der Waals surface area contributed by atoms with Gasteiger partial charge in [0.1, 0.15) is 0 Å². The van der Waals surface area contributed by atoms with Crippen molar-refractivity contribution in [2.75, 3.05) is 6.54 Å². The van der Waals surface area contributed by atoms with E-state index in [0.717, 1.165) is 11.1 Å². The number of carbonyl (C=O) groups is 2. The molecule has 2 rings (SSSR count). The Kier molecular flexibility index (Phi) is 6.65. The number of amides is 2. The van der Waals surface area contributed by atoms with Crippen molar-refractivity contribution in [2.24, 2.45) is 11.7 Å². The number of nitrogens with two attached hydrogens (primary N) is 1. The van der Waals surface area contributed by atoms with Crippen LogP contribution in [0.3, 0.4) is 0 Å². The van der Waals surface area contributed by atoms with Gasteiger partial charge in [-0.05, 0) is 29.2 Å². The number of nitrogens with one attached hydrogen (secondary N) is 2. The summed E-state index contributed by atoms with van der Waals surface area (Å²) in [4.78, 5) is 28.2. The molecule has 132 valence electrons. The minimum absolute atomic E-state index is 0.0111. The van der Waals surface area contributed by atoms with Crippen LogP contribution in [-0.2, 0) is 9.59 Å². The molecule has 4 N–H and O–H groups in total. The molecule has 1 unspecified atom stereocenters. The maximum Gasteiger partial charge on any atom is 0.240 e. The first-order valence-electron chi connectivity index (χ1n) is 8.26. The number of rotatable bonds is 7. The molecule has 25 heavy (non-hydrogen) atoms. The minimum Gasteiger partial charge on any atom is -0.346 e. The second kappa shape index (κ2) is 8.94. The Bertz CT molecular complexity index is 650. The van der Waals surface area contributed by atoms with Gasteiger partial charge in [-0.15, -0.1) is 0 Å². The average Bonchev–Trinajstić information content (AvgIpc) is 2.64. The summed E-state index contributed by atoms with van der Waals surface area (Å²) in [6, 6.07) is 12.4. The summed E-state index contributed by atoms with van der Waals surface area (Å²) < 4.78 is 0. The molecule has 0 radical (unpaired) electrons. The van der Waals surface area contributed by atoms with Crippen molar-refractivity contribution in [3.63, 3.8) is 0 Å². The van der Waals surface area contributed by atoms with Crippen LogP contribution in [0.1, 0.15) is 31.0 Å². The molecule has 0 bridgehead atoms. The van der Waals surface area contributed by atoms with Crippen molar-refractivity contribution in [3.05, 3.63) is 66.0 Å². The number of aromatic nitrogens is 1. The highest BCUT2D eigenvalue weighted by atomic mass is 16.2. The Labute approximate surface area is 147 Å². The fourth-order valence-corrected chi connectivity index (χ4v) is 2.36. The zero-order valence-corrected chi connectivity index (χ0v) is 14.5. The standard InChI is InChI=1S/C19H24N4O2/c1-13(2)17(20)19(25)22-12-16(24)23-18(14-6-4-3-5-7-14)15-8-10-21-11-9-15/h3-11,13,17-18H,12,20H2,1-2H3,(H,22,25)(H,23,24)/t17-,18?/m0/s1. The van der Waals surface area contributed by atoms with E-state index < -0.39 is 6.04 Å². The molecule has 1 heterocycles. The van der Waals surface area contributed by atoms with E-state index in [1.807, 2.05) is 56.3 Å². The molecule has 0 spiro atoms. The van der Waals surface area contributed by atoms with Gasteiger partial charge in [-0.1, -0.05) is 44.2 Å². The van der Waals surface area contributed by atoms with Crippen LogP contribution in [0.4, 0.5) is 0 Å². The molecule has 0 aliphatic carbocycles. The molecule has 6 heteroatoms. The highest BCUT2D eigenvalue weighted by Gasteiger charge is 2.20. The molecule has 1 aromatic carbocycles. The predicted molar refractivity (Wildman–Crippen MR) is 96.5 cm³/mol. The SMILES string of the molecule is CC(C)[C@H](N)C(=O)NCC(=O)NC(c1ccccc1)c1ccncc1. The molecule has 0 saturated heterocycles. The lowest BCUT2D eigenvalue weighted by molar-refractivity contribution is -0.127. The quantitative estimate of drug-likeness (QED) is 0.709. The fraction of sp³-hybridized carbons (Fsp3) is 0.316. The van der Waals surface area contributed by atoms with Crippen molar-refractivity contribution >= 4 is 11.8 Å². The fourth-order valence-electron chi connectivity index (χ4n) is 2.36. The van der Waals surface area contributed by atoms with Crippen LogP contribution in [0.5, 0.6) is 0 Å². The maximum atomic E-state index is 12.3. The third-order valence-corrected chi connectivity index (χ3v) is 3.92. The lowest BCUT2D eigenvalue weighted by Gasteiger charge is -2.20. The van der Waals surface area contributed by atoms with Crippen molar-refractivity contribution in [1.82, 2.24) is 15.6 Å². The normalized spacial score (nSPS) is 13.1. The van der Waals surface area contributed by atoms with Crippen molar-refractivity contribution in [1.29, 1.82) is 0 Å². The Morgan fingerprint density at radius 1 is 1.04 bits per heavy atom. The highest BCUT2D eigenvalue weighted by Crippen LogP contribution is 2.21. The lowest BCUT2D eigenvalue weighted by atomic mass is 9.99. The van der Waals surface area contributed by atoms with E-state index in [-0.39, 0.29) is 30.3 Å². The smallest absolute Gasteiger partial charge is 0.240 e. The largest absolute Gasteiger partial charge is 0.346 e. The van der Waals surface area contributed by atoms with Crippen LogP contribution >= 0.6 is 0 Å². The van der Waals surface area contributed by atoms with Crippen LogP contribution < -0.4 is 16.4 Å². The molecule has 0 fully saturated rings. The molecule has 0 aliphatic rings. The first-order chi connectivity index (χ1) is 12.0. The average molecular weight is 340 g/mol. The summed E-state index contributed by atoms with van der Waals surface area (Å²) in [7, 11) is 0. The van der Waals surface area contributed by atoms with Gasteiger partial charge in [0.15, 0.2) is 0 Å². The topological polar surface area (TPSA) is 97.1 Å². The zero-order valence-electron chi connectivity index (χ0n) is 14.5. The number of pyridine rings is 1. The van der Waals surface area contributed by atoms with Gasteiger partial charge in [0.05, 0.1) is 18.6 Å². The first-order valence-corrected chi connectivity index (χ1v) is 8.26. The zero-order chi connectivity index (χ0) is 18.2. The van der Waals surface area contributed by atoms with E-state index >= 15 is 0 Å². The number of nitrogens with zero attached hydrogens (tertiary/aromatic N) is 1. The van der Waals surface area contributed by atoms with Gasteiger partial charge in [-0.25, -0.2) is 0 Å². The van der Waals surface area contributed by atoms with Crippen molar-refractivity contribution in [2.45, 2.75) is 25.9 Å². The van der Waals surface area contributed by atoms with Gasteiger partial charge in [0.2, 0.25) is 11.8 Å². The monoisotopic (exact) mass is 340 g/mol. The first kappa shape index (κ1) is 18.6. The van der Waals surface area contributed by atoms with E-state index in [0.29, 0.717) is 0 Å². The summed E-state index contributed by atoms with van der Waals surface area (Å²) in [5.74, 6) is -0.600. The molecule has 2 atom stereocenters. The Hall–Kier alpha value is -2.73. The molecule has 2 amide bonds. The van der Waals surface area contributed by atoms with E-state index in [1.54, 1.807) is 12.4 Å². The number of hydrogen-bond acceptors (Lipinski definition) is 4. The van der Waals surface area contributed by atoms with Gasteiger partial charge < -0.3 is 16.4 Å². The van der Waals surface area contributed by atoms with E-state index in [9.17, 15) is 9.59 Å². The number of carbonyl (C=O) groups excluding carboxylic acids is 2. The summed E-state index contributed by atoms with van der Waals surface area (Å²) >= 11 is 0.